The number of hydrogen-bond acceptors (Lipinski definition) is 6. The average Bonchev–Trinajstić information content (AvgIpc) is 3.40. The van der Waals surface area contributed by atoms with Crippen molar-refractivity contribution in [2.24, 2.45) is 0 Å². The number of hydrogen-bond donors (Lipinski definition) is 3. The highest BCUT2D eigenvalue weighted by atomic mass is 16.3. The van der Waals surface area contributed by atoms with Gasteiger partial charge >= 0.3 is 0 Å². The highest BCUT2D eigenvalue weighted by molar-refractivity contribution is 5.53. The number of aromatic nitrogens is 2. The van der Waals surface area contributed by atoms with Crippen LogP contribution in [-0.4, -0.2) is 36.7 Å². The summed E-state index contributed by atoms with van der Waals surface area (Å²) < 4.78 is 0. The Kier molecular flexibility index (Phi) is 3.34. The Balaban J connectivity index is 1.51. The maximum atomic E-state index is 9.95. The largest absolute Gasteiger partial charge is 0.504 e. The average molecular weight is 313 g/mol. The van der Waals surface area contributed by atoms with Crippen molar-refractivity contribution in [2.45, 2.75) is 38.3 Å². The van der Waals surface area contributed by atoms with Crippen molar-refractivity contribution in [3.63, 3.8) is 0 Å². The molecule has 0 unspecified atom stereocenters. The monoisotopic (exact) mass is 313 g/mol. The molecule has 2 aliphatic rings. The topological polar surface area (TPSA) is 89.7 Å². The molecule has 3 N–H and O–H groups in total. The minimum atomic E-state index is -0.461. The van der Waals surface area contributed by atoms with Crippen LogP contribution in [0, 0.1) is 0 Å². The molecule has 0 saturated heterocycles. The summed E-state index contributed by atoms with van der Waals surface area (Å²) in [6.07, 6.45) is 5.20. The molecule has 6 nitrogen and oxygen atoms in total. The Hall–Kier alpha value is -2.34. The van der Waals surface area contributed by atoms with E-state index >= 15 is 0 Å². The molecule has 1 aromatic carbocycles. The second-order valence-corrected chi connectivity index (χ2v) is 6.38. The predicted octanol–water partition coefficient (Wildman–Crippen LogP) is 2.03. The fourth-order valence-electron chi connectivity index (χ4n) is 3.04. The Morgan fingerprint density at radius 1 is 1.13 bits per heavy atom. The maximum absolute atomic E-state index is 9.95. The lowest BCUT2D eigenvalue weighted by Crippen LogP contribution is -2.31. The van der Waals surface area contributed by atoms with Crippen LogP contribution >= 0.6 is 0 Å². The molecule has 2 heterocycles. The molecule has 0 amide bonds. The number of nitrogens with zero attached hydrogens (tertiary/aromatic N) is 3. The van der Waals surface area contributed by atoms with Crippen molar-refractivity contribution in [3.05, 3.63) is 41.0 Å². The molecule has 0 atom stereocenters. The third kappa shape index (κ3) is 2.70. The van der Waals surface area contributed by atoms with Gasteiger partial charge in [-0.15, -0.1) is 0 Å². The molecule has 1 fully saturated rings. The number of rotatable bonds is 3. The zero-order valence-corrected chi connectivity index (χ0v) is 12.7. The van der Waals surface area contributed by atoms with Crippen LogP contribution in [0.25, 0.3) is 0 Å². The SMILES string of the molecule is Oc1ccc(CN2CCc3nc(C4CC4)ncc3C2)c(O)c1O. The van der Waals surface area contributed by atoms with Gasteiger partial charge in [0.1, 0.15) is 5.82 Å². The summed E-state index contributed by atoms with van der Waals surface area (Å²) in [5, 5.41) is 29.0. The van der Waals surface area contributed by atoms with Crippen LogP contribution in [0.5, 0.6) is 17.2 Å². The minimum absolute atomic E-state index is 0.254. The first kappa shape index (κ1) is 14.3. The van der Waals surface area contributed by atoms with Gasteiger partial charge in [0.25, 0.3) is 0 Å². The fraction of sp³-hybridized carbons (Fsp3) is 0.412. The molecule has 23 heavy (non-hydrogen) atoms. The van der Waals surface area contributed by atoms with E-state index in [4.69, 9.17) is 4.98 Å². The fourth-order valence-corrected chi connectivity index (χ4v) is 3.04. The van der Waals surface area contributed by atoms with E-state index in [2.05, 4.69) is 9.88 Å². The van der Waals surface area contributed by atoms with Crippen molar-refractivity contribution in [3.8, 4) is 17.2 Å². The molecule has 1 saturated carbocycles. The second-order valence-electron chi connectivity index (χ2n) is 6.38. The van der Waals surface area contributed by atoms with Gasteiger partial charge in [0.15, 0.2) is 11.5 Å². The number of aromatic hydroxyl groups is 3. The number of benzene rings is 1. The third-order valence-electron chi connectivity index (χ3n) is 4.58. The highest BCUT2D eigenvalue weighted by Gasteiger charge is 2.28. The van der Waals surface area contributed by atoms with Gasteiger partial charge in [-0.1, -0.05) is 6.07 Å². The van der Waals surface area contributed by atoms with Gasteiger partial charge in [0, 0.05) is 55.0 Å². The molecule has 120 valence electrons. The number of phenols is 3. The summed E-state index contributed by atoms with van der Waals surface area (Å²) in [5.74, 6) is 0.526. The van der Waals surface area contributed by atoms with Crippen LogP contribution in [0.4, 0.5) is 0 Å². The van der Waals surface area contributed by atoms with E-state index in [9.17, 15) is 15.3 Å². The predicted molar refractivity (Wildman–Crippen MR) is 83.3 cm³/mol. The molecule has 1 aromatic heterocycles. The smallest absolute Gasteiger partial charge is 0.200 e. The first-order chi connectivity index (χ1) is 11.1. The Bertz CT molecular complexity index is 759. The van der Waals surface area contributed by atoms with Crippen molar-refractivity contribution >= 4 is 0 Å². The summed E-state index contributed by atoms with van der Waals surface area (Å²) in [6.45, 7) is 2.07. The lowest BCUT2D eigenvalue weighted by Gasteiger charge is -2.28. The second kappa shape index (κ2) is 5.38. The molecule has 2 aromatic rings. The van der Waals surface area contributed by atoms with Gasteiger partial charge < -0.3 is 15.3 Å². The van der Waals surface area contributed by atoms with E-state index in [1.54, 1.807) is 6.07 Å². The number of fused-ring (bicyclic) bond motifs is 1. The highest BCUT2D eigenvalue weighted by Crippen LogP contribution is 2.39. The molecule has 1 aliphatic carbocycles. The summed E-state index contributed by atoms with van der Waals surface area (Å²) in [4.78, 5) is 11.4. The first-order valence-electron chi connectivity index (χ1n) is 7.91. The van der Waals surface area contributed by atoms with E-state index in [0.717, 1.165) is 36.6 Å². The van der Waals surface area contributed by atoms with E-state index in [-0.39, 0.29) is 11.5 Å². The molecule has 0 spiro atoms. The van der Waals surface area contributed by atoms with Crippen LogP contribution in [0.2, 0.25) is 0 Å². The summed E-state index contributed by atoms with van der Waals surface area (Å²) >= 11 is 0. The summed E-state index contributed by atoms with van der Waals surface area (Å²) in [6, 6.07) is 3.03. The van der Waals surface area contributed by atoms with Crippen molar-refractivity contribution in [1.82, 2.24) is 14.9 Å². The van der Waals surface area contributed by atoms with Crippen LogP contribution < -0.4 is 0 Å². The summed E-state index contributed by atoms with van der Waals surface area (Å²) in [7, 11) is 0. The van der Waals surface area contributed by atoms with Crippen LogP contribution in [0.1, 0.15) is 41.4 Å². The molecule has 1 aliphatic heterocycles. The van der Waals surface area contributed by atoms with Gasteiger partial charge in [0.2, 0.25) is 5.75 Å². The van der Waals surface area contributed by atoms with Gasteiger partial charge in [-0.05, 0) is 18.9 Å². The van der Waals surface area contributed by atoms with E-state index < -0.39 is 5.75 Å². The van der Waals surface area contributed by atoms with Gasteiger partial charge in [-0.25, -0.2) is 9.97 Å². The molecular formula is C17H19N3O3. The van der Waals surface area contributed by atoms with Gasteiger partial charge in [-0.2, -0.15) is 0 Å². The van der Waals surface area contributed by atoms with Crippen molar-refractivity contribution in [2.75, 3.05) is 6.54 Å². The lowest BCUT2D eigenvalue weighted by molar-refractivity contribution is 0.238. The van der Waals surface area contributed by atoms with Crippen LogP contribution in [0.15, 0.2) is 18.3 Å². The Labute approximate surface area is 134 Å². The van der Waals surface area contributed by atoms with Crippen LogP contribution in [0.3, 0.4) is 0 Å². The van der Waals surface area contributed by atoms with Gasteiger partial charge in [0.05, 0.1) is 0 Å². The normalized spacial score (nSPS) is 17.9. The third-order valence-corrected chi connectivity index (χ3v) is 4.58. The zero-order chi connectivity index (χ0) is 16.0. The zero-order valence-electron chi connectivity index (χ0n) is 12.7. The van der Waals surface area contributed by atoms with E-state index in [0.29, 0.717) is 18.0 Å². The van der Waals surface area contributed by atoms with Crippen molar-refractivity contribution in [1.29, 1.82) is 0 Å². The standard InChI is InChI=1S/C17H19N3O3/c21-14-4-3-11(15(22)16(14)23)8-20-6-5-13-12(9-20)7-18-17(19-13)10-1-2-10/h3-4,7,10,21-23H,1-2,5-6,8-9H2. The van der Waals surface area contributed by atoms with Crippen molar-refractivity contribution < 1.29 is 15.3 Å². The summed E-state index contributed by atoms with van der Waals surface area (Å²) in [5.41, 5.74) is 2.86. The van der Waals surface area contributed by atoms with Crippen LogP contribution in [-0.2, 0) is 19.5 Å². The Morgan fingerprint density at radius 3 is 2.74 bits per heavy atom. The molecule has 6 heteroatoms. The Morgan fingerprint density at radius 2 is 1.96 bits per heavy atom. The maximum Gasteiger partial charge on any atom is 0.200 e. The molecular weight excluding hydrogens is 294 g/mol. The first-order valence-corrected chi connectivity index (χ1v) is 7.91. The molecule has 0 bridgehead atoms. The van der Waals surface area contributed by atoms with E-state index in [1.807, 2.05) is 6.20 Å². The molecule has 0 radical (unpaired) electrons. The quantitative estimate of drug-likeness (QED) is 0.751. The lowest BCUT2D eigenvalue weighted by atomic mass is 10.1. The number of phenolic OH excluding ortho intramolecular Hbond substituents is 3. The molecule has 4 rings (SSSR count). The minimum Gasteiger partial charge on any atom is -0.504 e. The van der Waals surface area contributed by atoms with Gasteiger partial charge in [-0.3, -0.25) is 4.90 Å². The van der Waals surface area contributed by atoms with E-state index in [1.165, 1.54) is 18.9 Å².